The minimum Gasteiger partial charge on any atom is -0.492 e. The third kappa shape index (κ3) is 2.74. The van der Waals surface area contributed by atoms with Gasteiger partial charge >= 0.3 is 0 Å². The van der Waals surface area contributed by atoms with Crippen LogP contribution in [0.25, 0.3) is 0 Å². The average molecular weight is 310 g/mol. The summed E-state index contributed by atoms with van der Waals surface area (Å²) >= 11 is 7.64. The highest BCUT2D eigenvalue weighted by atomic mass is 35.5. The molecule has 1 aromatic heterocycles. The van der Waals surface area contributed by atoms with Gasteiger partial charge in [-0.15, -0.1) is 0 Å². The predicted octanol–water partition coefficient (Wildman–Crippen LogP) is 4.08. The minimum atomic E-state index is 0.170. The van der Waals surface area contributed by atoms with Gasteiger partial charge < -0.3 is 10.1 Å². The van der Waals surface area contributed by atoms with Gasteiger partial charge in [0.25, 0.3) is 0 Å². The Bertz CT molecular complexity index is 602. The zero-order valence-electron chi connectivity index (χ0n) is 11.2. The van der Waals surface area contributed by atoms with Crippen LogP contribution < -0.4 is 10.1 Å². The van der Waals surface area contributed by atoms with Crippen LogP contribution in [0.15, 0.2) is 18.2 Å². The molecule has 1 N–H and O–H groups in total. The van der Waals surface area contributed by atoms with Crippen molar-refractivity contribution < 1.29 is 4.74 Å². The lowest BCUT2D eigenvalue weighted by Crippen LogP contribution is -2.10. The number of fused-ring (bicyclic) bond motifs is 1. The van der Waals surface area contributed by atoms with Crippen molar-refractivity contribution in [3.05, 3.63) is 34.6 Å². The standard InChI is InChI=1S/C14H16ClN3OS/c1-2-12-17-14(20-18-12)16-11-7-4-8-19-13-9(11)5-3-6-10(13)15/h3,5-6,11H,2,4,7-8H2,1H3,(H,16,17,18). The van der Waals surface area contributed by atoms with Crippen LogP contribution in [0.1, 0.15) is 37.2 Å². The Morgan fingerprint density at radius 2 is 2.40 bits per heavy atom. The molecule has 3 rings (SSSR count). The number of halogens is 1. The molecule has 0 radical (unpaired) electrons. The molecule has 0 fully saturated rings. The Kier molecular flexibility index (Phi) is 4.08. The van der Waals surface area contributed by atoms with E-state index in [4.69, 9.17) is 16.3 Å². The number of nitrogens with zero attached hydrogens (tertiary/aromatic N) is 2. The average Bonchev–Trinajstić information content (AvgIpc) is 2.81. The van der Waals surface area contributed by atoms with Crippen LogP contribution >= 0.6 is 23.1 Å². The normalized spacial score (nSPS) is 18.0. The second kappa shape index (κ2) is 5.97. The summed E-state index contributed by atoms with van der Waals surface area (Å²) in [6.07, 6.45) is 2.84. The van der Waals surface area contributed by atoms with Gasteiger partial charge in [0.05, 0.1) is 17.7 Å². The summed E-state index contributed by atoms with van der Waals surface area (Å²) in [5, 5.41) is 5.00. The number of hydrogen-bond acceptors (Lipinski definition) is 5. The first-order chi connectivity index (χ1) is 9.78. The maximum absolute atomic E-state index is 6.23. The van der Waals surface area contributed by atoms with E-state index < -0.39 is 0 Å². The highest BCUT2D eigenvalue weighted by Gasteiger charge is 2.22. The van der Waals surface area contributed by atoms with E-state index in [1.807, 2.05) is 12.1 Å². The zero-order chi connectivity index (χ0) is 13.9. The van der Waals surface area contributed by atoms with Crippen LogP contribution in [-0.4, -0.2) is 16.0 Å². The van der Waals surface area contributed by atoms with E-state index in [-0.39, 0.29) is 6.04 Å². The van der Waals surface area contributed by atoms with Crippen LogP contribution in [0.3, 0.4) is 0 Å². The van der Waals surface area contributed by atoms with Crippen molar-refractivity contribution in [3.8, 4) is 5.75 Å². The lowest BCUT2D eigenvalue weighted by molar-refractivity contribution is 0.316. The molecular formula is C14H16ClN3OS. The van der Waals surface area contributed by atoms with Crippen LogP contribution in [0.2, 0.25) is 5.02 Å². The Morgan fingerprint density at radius 3 is 3.20 bits per heavy atom. The summed E-state index contributed by atoms with van der Waals surface area (Å²) in [6, 6.07) is 6.06. The first kappa shape index (κ1) is 13.6. The van der Waals surface area contributed by atoms with Crippen LogP contribution in [-0.2, 0) is 6.42 Å². The molecule has 20 heavy (non-hydrogen) atoms. The molecule has 0 saturated heterocycles. The molecule has 0 aliphatic carbocycles. The van der Waals surface area contributed by atoms with Crippen molar-refractivity contribution in [2.45, 2.75) is 32.2 Å². The van der Waals surface area contributed by atoms with Gasteiger partial charge in [-0.05, 0) is 18.9 Å². The molecule has 106 valence electrons. The molecule has 0 bridgehead atoms. The molecular weight excluding hydrogens is 294 g/mol. The third-order valence-electron chi connectivity index (χ3n) is 3.34. The molecule has 2 heterocycles. The Hall–Kier alpha value is -1.33. The number of aryl methyl sites for hydroxylation is 1. The predicted molar refractivity (Wildman–Crippen MR) is 81.8 cm³/mol. The largest absolute Gasteiger partial charge is 0.492 e. The van der Waals surface area contributed by atoms with E-state index in [9.17, 15) is 0 Å². The van der Waals surface area contributed by atoms with E-state index >= 15 is 0 Å². The topological polar surface area (TPSA) is 47.0 Å². The van der Waals surface area contributed by atoms with Gasteiger partial charge in [-0.2, -0.15) is 4.37 Å². The molecule has 1 aliphatic rings. The van der Waals surface area contributed by atoms with Crippen LogP contribution in [0.5, 0.6) is 5.75 Å². The Morgan fingerprint density at radius 1 is 1.50 bits per heavy atom. The van der Waals surface area contributed by atoms with Crippen molar-refractivity contribution in [2.24, 2.45) is 0 Å². The van der Waals surface area contributed by atoms with E-state index in [1.165, 1.54) is 11.5 Å². The fourth-order valence-corrected chi connectivity index (χ4v) is 3.26. The maximum atomic E-state index is 6.23. The summed E-state index contributed by atoms with van der Waals surface area (Å²) in [5.41, 5.74) is 1.10. The number of ether oxygens (including phenoxy) is 1. The van der Waals surface area contributed by atoms with Crippen molar-refractivity contribution in [1.82, 2.24) is 9.36 Å². The second-order valence-electron chi connectivity index (χ2n) is 4.72. The number of anilines is 1. The van der Waals surface area contributed by atoms with Gasteiger partial charge in [0.2, 0.25) is 5.13 Å². The van der Waals surface area contributed by atoms with Gasteiger partial charge in [-0.25, -0.2) is 4.98 Å². The van der Waals surface area contributed by atoms with E-state index in [0.29, 0.717) is 11.6 Å². The molecule has 2 aromatic rings. The molecule has 1 aliphatic heterocycles. The lowest BCUT2D eigenvalue weighted by atomic mass is 10.0. The maximum Gasteiger partial charge on any atom is 0.203 e. The fourth-order valence-electron chi connectivity index (χ4n) is 2.32. The molecule has 4 nitrogen and oxygen atoms in total. The molecule has 0 amide bonds. The summed E-state index contributed by atoms with van der Waals surface area (Å²) < 4.78 is 10.1. The summed E-state index contributed by atoms with van der Waals surface area (Å²) in [5.74, 6) is 1.68. The van der Waals surface area contributed by atoms with Crippen LogP contribution in [0, 0.1) is 0 Å². The number of rotatable bonds is 3. The molecule has 0 saturated carbocycles. The van der Waals surface area contributed by atoms with E-state index in [1.54, 1.807) is 0 Å². The SMILES string of the molecule is CCc1nsc(NC2CCCOc3c(Cl)cccc32)n1. The smallest absolute Gasteiger partial charge is 0.203 e. The van der Waals surface area contributed by atoms with Gasteiger partial charge in [-0.1, -0.05) is 30.7 Å². The van der Waals surface area contributed by atoms with Crippen molar-refractivity contribution in [2.75, 3.05) is 11.9 Å². The second-order valence-corrected chi connectivity index (χ2v) is 5.87. The van der Waals surface area contributed by atoms with Gasteiger partial charge in [-0.3, -0.25) is 0 Å². The third-order valence-corrected chi connectivity index (χ3v) is 4.32. The van der Waals surface area contributed by atoms with Crippen molar-refractivity contribution in [3.63, 3.8) is 0 Å². The van der Waals surface area contributed by atoms with Crippen LogP contribution in [0.4, 0.5) is 5.13 Å². The summed E-state index contributed by atoms with van der Waals surface area (Å²) in [6.45, 7) is 2.76. The number of aromatic nitrogens is 2. The molecule has 1 unspecified atom stereocenters. The molecule has 1 atom stereocenters. The first-order valence-electron chi connectivity index (χ1n) is 6.78. The highest BCUT2D eigenvalue weighted by molar-refractivity contribution is 7.09. The number of hydrogen-bond donors (Lipinski definition) is 1. The van der Waals surface area contributed by atoms with Crippen molar-refractivity contribution >= 4 is 28.3 Å². The monoisotopic (exact) mass is 309 g/mol. The Balaban J connectivity index is 1.88. The fraction of sp³-hybridized carbons (Fsp3) is 0.429. The van der Waals surface area contributed by atoms with Crippen molar-refractivity contribution in [1.29, 1.82) is 0 Å². The van der Waals surface area contributed by atoms with Gasteiger partial charge in [0.1, 0.15) is 11.6 Å². The number of benzene rings is 1. The summed E-state index contributed by atoms with van der Waals surface area (Å²) in [4.78, 5) is 4.47. The van der Waals surface area contributed by atoms with E-state index in [2.05, 4.69) is 27.7 Å². The summed E-state index contributed by atoms with van der Waals surface area (Å²) in [7, 11) is 0. The van der Waals surface area contributed by atoms with Gasteiger partial charge in [0, 0.05) is 23.5 Å². The van der Waals surface area contributed by atoms with Gasteiger partial charge in [0.15, 0.2) is 0 Å². The molecule has 1 aromatic carbocycles. The Labute approximate surface area is 127 Å². The first-order valence-corrected chi connectivity index (χ1v) is 7.93. The minimum absolute atomic E-state index is 0.170. The molecule has 0 spiro atoms. The quantitative estimate of drug-likeness (QED) is 0.928. The van der Waals surface area contributed by atoms with E-state index in [0.717, 1.165) is 41.5 Å². The lowest BCUT2D eigenvalue weighted by Gasteiger charge is -2.18. The molecule has 6 heteroatoms. The number of para-hydroxylation sites is 1. The zero-order valence-corrected chi connectivity index (χ0v) is 12.8. The number of nitrogens with one attached hydrogen (secondary N) is 1. The highest BCUT2D eigenvalue weighted by Crippen LogP contribution is 2.38.